The van der Waals surface area contributed by atoms with Crippen LogP contribution in [-0.2, 0) is 4.74 Å². The van der Waals surface area contributed by atoms with Crippen LogP contribution in [0.4, 0.5) is 4.79 Å². The van der Waals surface area contributed by atoms with Gasteiger partial charge in [0.2, 0.25) is 0 Å². The van der Waals surface area contributed by atoms with Crippen molar-refractivity contribution < 1.29 is 9.53 Å². The summed E-state index contributed by atoms with van der Waals surface area (Å²) >= 11 is 0. The highest BCUT2D eigenvalue weighted by Gasteiger charge is 2.31. The van der Waals surface area contributed by atoms with E-state index >= 15 is 0 Å². The average molecular weight is 200 g/mol. The van der Waals surface area contributed by atoms with Crippen molar-refractivity contribution in [2.75, 3.05) is 6.54 Å². The van der Waals surface area contributed by atoms with Crippen LogP contribution in [0.25, 0.3) is 0 Å². The minimum Gasteiger partial charge on any atom is -0.444 e. The molecule has 1 aliphatic rings. The van der Waals surface area contributed by atoms with Gasteiger partial charge in [-0.1, -0.05) is 0 Å². The Morgan fingerprint density at radius 2 is 2.14 bits per heavy atom. The van der Waals surface area contributed by atoms with Gasteiger partial charge in [0.1, 0.15) is 5.60 Å². The molecule has 0 aliphatic heterocycles. The zero-order valence-electron chi connectivity index (χ0n) is 9.17. The zero-order valence-corrected chi connectivity index (χ0v) is 9.17. The summed E-state index contributed by atoms with van der Waals surface area (Å²) in [5.41, 5.74) is 5.11. The van der Waals surface area contributed by atoms with Crippen molar-refractivity contribution in [2.24, 2.45) is 11.7 Å². The average Bonchev–Trinajstić information content (AvgIpc) is 1.96. The monoisotopic (exact) mass is 200 g/mol. The third-order valence-electron chi connectivity index (χ3n) is 2.42. The van der Waals surface area contributed by atoms with Crippen molar-refractivity contribution in [2.45, 2.75) is 45.3 Å². The van der Waals surface area contributed by atoms with Crippen LogP contribution in [0, 0.1) is 5.92 Å². The van der Waals surface area contributed by atoms with Crippen molar-refractivity contribution >= 4 is 6.09 Å². The van der Waals surface area contributed by atoms with Crippen LogP contribution in [0.3, 0.4) is 0 Å². The quantitative estimate of drug-likeness (QED) is 0.705. The SMILES string of the molecule is CC(C)(C)OC(=O)N[C@@H]1CCC1CN. The predicted octanol–water partition coefficient (Wildman–Crippen LogP) is 1.25. The van der Waals surface area contributed by atoms with Crippen LogP contribution in [-0.4, -0.2) is 24.3 Å². The summed E-state index contributed by atoms with van der Waals surface area (Å²) in [7, 11) is 0. The van der Waals surface area contributed by atoms with E-state index < -0.39 is 5.60 Å². The molecule has 1 saturated carbocycles. The van der Waals surface area contributed by atoms with Crippen LogP contribution >= 0.6 is 0 Å². The van der Waals surface area contributed by atoms with Gasteiger partial charge in [-0.2, -0.15) is 0 Å². The molecule has 2 atom stereocenters. The fraction of sp³-hybridized carbons (Fsp3) is 0.900. The summed E-state index contributed by atoms with van der Waals surface area (Å²) in [6.45, 7) is 6.20. The molecule has 0 bridgehead atoms. The summed E-state index contributed by atoms with van der Waals surface area (Å²) in [6, 6.07) is 0.217. The van der Waals surface area contributed by atoms with Gasteiger partial charge in [-0.25, -0.2) is 4.79 Å². The smallest absolute Gasteiger partial charge is 0.407 e. The fourth-order valence-electron chi connectivity index (χ4n) is 1.50. The number of alkyl carbamates (subject to hydrolysis) is 1. The third kappa shape index (κ3) is 3.18. The Bertz CT molecular complexity index is 209. The van der Waals surface area contributed by atoms with Crippen LogP contribution in [0.1, 0.15) is 33.6 Å². The van der Waals surface area contributed by atoms with Gasteiger partial charge in [-0.05, 0) is 46.1 Å². The molecule has 3 N–H and O–H groups in total. The number of amides is 1. The topological polar surface area (TPSA) is 64.3 Å². The second-order valence-corrected chi connectivity index (χ2v) is 4.83. The number of hydrogen-bond donors (Lipinski definition) is 2. The lowest BCUT2D eigenvalue weighted by Crippen LogP contribution is -2.50. The first kappa shape index (κ1) is 11.3. The highest BCUT2D eigenvalue weighted by molar-refractivity contribution is 5.68. The first-order valence-electron chi connectivity index (χ1n) is 5.12. The number of hydrogen-bond acceptors (Lipinski definition) is 3. The van der Waals surface area contributed by atoms with Gasteiger partial charge in [0.05, 0.1) is 0 Å². The van der Waals surface area contributed by atoms with Gasteiger partial charge in [0.25, 0.3) is 0 Å². The number of carbonyl (C=O) groups excluding carboxylic acids is 1. The first-order chi connectivity index (χ1) is 6.42. The van der Waals surface area contributed by atoms with Gasteiger partial charge in [0.15, 0.2) is 0 Å². The molecule has 4 nitrogen and oxygen atoms in total. The van der Waals surface area contributed by atoms with Crippen LogP contribution in [0.5, 0.6) is 0 Å². The van der Waals surface area contributed by atoms with Crippen molar-refractivity contribution in [3.05, 3.63) is 0 Å². The van der Waals surface area contributed by atoms with E-state index in [1.807, 2.05) is 20.8 Å². The normalized spacial score (nSPS) is 26.6. The molecule has 1 aliphatic carbocycles. The minimum atomic E-state index is -0.425. The molecule has 82 valence electrons. The third-order valence-corrected chi connectivity index (χ3v) is 2.42. The molecule has 0 spiro atoms. The highest BCUT2D eigenvalue weighted by atomic mass is 16.6. The lowest BCUT2D eigenvalue weighted by Gasteiger charge is -2.36. The predicted molar refractivity (Wildman–Crippen MR) is 54.9 cm³/mol. The van der Waals surface area contributed by atoms with E-state index in [1.54, 1.807) is 0 Å². The Balaban J connectivity index is 2.27. The van der Waals surface area contributed by atoms with E-state index in [0.29, 0.717) is 12.5 Å². The molecule has 1 unspecified atom stereocenters. The molecule has 0 aromatic heterocycles. The Morgan fingerprint density at radius 1 is 1.50 bits per heavy atom. The standard InChI is InChI=1S/C10H20N2O2/c1-10(2,3)14-9(13)12-8-5-4-7(8)6-11/h7-8H,4-6,11H2,1-3H3,(H,12,13)/t7?,8-/m1/s1. The molecule has 1 rings (SSSR count). The van der Waals surface area contributed by atoms with Gasteiger partial charge < -0.3 is 15.8 Å². The maximum absolute atomic E-state index is 11.3. The first-order valence-corrected chi connectivity index (χ1v) is 5.12. The largest absolute Gasteiger partial charge is 0.444 e. The van der Waals surface area contributed by atoms with Crippen LogP contribution in [0.15, 0.2) is 0 Å². The molecule has 0 heterocycles. The van der Waals surface area contributed by atoms with Crippen molar-refractivity contribution in [3.8, 4) is 0 Å². The molecule has 14 heavy (non-hydrogen) atoms. The molecule has 0 aromatic carbocycles. The molecule has 0 radical (unpaired) electrons. The van der Waals surface area contributed by atoms with E-state index in [1.165, 1.54) is 0 Å². The summed E-state index contributed by atoms with van der Waals surface area (Å²) in [6.07, 6.45) is 1.79. The number of ether oxygens (including phenoxy) is 1. The molecule has 4 heteroatoms. The van der Waals surface area contributed by atoms with E-state index in [0.717, 1.165) is 12.8 Å². The second-order valence-electron chi connectivity index (χ2n) is 4.83. The zero-order chi connectivity index (χ0) is 10.8. The number of nitrogens with one attached hydrogen (secondary N) is 1. The van der Waals surface area contributed by atoms with Crippen LogP contribution in [0.2, 0.25) is 0 Å². The summed E-state index contributed by atoms with van der Waals surface area (Å²) < 4.78 is 5.15. The summed E-state index contributed by atoms with van der Waals surface area (Å²) in [5, 5.41) is 2.83. The van der Waals surface area contributed by atoms with Crippen molar-refractivity contribution in [1.82, 2.24) is 5.32 Å². The maximum atomic E-state index is 11.3. The van der Waals surface area contributed by atoms with Crippen molar-refractivity contribution in [3.63, 3.8) is 0 Å². The van der Waals surface area contributed by atoms with Crippen molar-refractivity contribution in [1.29, 1.82) is 0 Å². The molecule has 0 saturated heterocycles. The lowest BCUT2D eigenvalue weighted by molar-refractivity contribution is 0.0441. The molecule has 0 aromatic rings. The lowest BCUT2D eigenvalue weighted by atomic mass is 9.80. The maximum Gasteiger partial charge on any atom is 0.407 e. The number of carbonyl (C=O) groups is 1. The Morgan fingerprint density at radius 3 is 2.50 bits per heavy atom. The van der Waals surface area contributed by atoms with Gasteiger partial charge in [0, 0.05) is 6.04 Å². The summed E-state index contributed by atoms with van der Waals surface area (Å²) in [5.74, 6) is 0.433. The van der Waals surface area contributed by atoms with Gasteiger partial charge in [-0.3, -0.25) is 0 Å². The molecular weight excluding hydrogens is 180 g/mol. The second kappa shape index (κ2) is 4.17. The van der Waals surface area contributed by atoms with E-state index in [4.69, 9.17) is 10.5 Å². The molecular formula is C10H20N2O2. The fourth-order valence-corrected chi connectivity index (χ4v) is 1.50. The Hall–Kier alpha value is -0.770. The molecule has 1 fully saturated rings. The highest BCUT2D eigenvalue weighted by Crippen LogP contribution is 2.26. The van der Waals surface area contributed by atoms with Crippen LogP contribution < -0.4 is 11.1 Å². The van der Waals surface area contributed by atoms with Gasteiger partial charge >= 0.3 is 6.09 Å². The molecule has 1 amide bonds. The van der Waals surface area contributed by atoms with E-state index in [-0.39, 0.29) is 12.1 Å². The summed E-state index contributed by atoms with van der Waals surface area (Å²) in [4.78, 5) is 11.3. The Kier molecular flexibility index (Phi) is 3.37. The number of nitrogens with two attached hydrogens (primary N) is 1. The minimum absolute atomic E-state index is 0.217. The Labute approximate surface area is 85.2 Å². The number of rotatable bonds is 2. The van der Waals surface area contributed by atoms with E-state index in [2.05, 4.69) is 5.32 Å². The van der Waals surface area contributed by atoms with Gasteiger partial charge in [-0.15, -0.1) is 0 Å². The van der Waals surface area contributed by atoms with E-state index in [9.17, 15) is 4.79 Å².